The largest absolute Gasteiger partial charge is 0.467 e. The zero-order valence-corrected chi connectivity index (χ0v) is 11.9. The van der Waals surface area contributed by atoms with Crippen molar-refractivity contribution >= 4 is 5.97 Å². The van der Waals surface area contributed by atoms with Crippen molar-refractivity contribution in [3.63, 3.8) is 0 Å². The first-order chi connectivity index (χ1) is 8.43. The Hall–Kier alpha value is -1.35. The fourth-order valence-electron chi connectivity index (χ4n) is 2.12. The van der Waals surface area contributed by atoms with Crippen LogP contribution in [0, 0.1) is 0 Å². The minimum absolute atomic E-state index is 0.194. The van der Waals surface area contributed by atoms with Gasteiger partial charge in [0.15, 0.2) is 0 Å². The lowest BCUT2D eigenvalue weighted by molar-refractivity contribution is -0.148. The van der Waals surface area contributed by atoms with Crippen LogP contribution in [0.15, 0.2) is 24.3 Å². The highest BCUT2D eigenvalue weighted by Crippen LogP contribution is 2.23. The molecule has 3 nitrogen and oxygen atoms in total. The molecule has 0 radical (unpaired) electrons. The van der Waals surface area contributed by atoms with Gasteiger partial charge in [0.25, 0.3) is 0 Å². The van der Waals surface area contributed by atoms with E-state index in [0.717, 1.165) is 12.0 Å². The van der Waals surface area contributed by atoms with Crippen molar-refractivity contribution in [3.8, 4) is 0 Å². The predicted octanol–water partition coefficient (Wildman–Crippen LogP) is 2.64. The van der Waals surface area contributed by atoms with Crippen LogP contribution in [0.1, 0.15) is 38.8 Å². The number of esters is 1. The van der Waals surface area contributed by atoms with Gasteiger partial charge in [-0.3, -0.25) is 5.32 Å². The van der Waals surface area contributed by atoms with E-state index in [0.29, 0.717) is 0 Å². The van der Waals surface area contributed by atoms with Crippen molar-refractivity contribution < 1.29 is 9.53 Å². The highest BCUT2D eigenvalue weighted by Gasteiger charge is 2.36. The quantitative estimate of drug-likeness (QED) is 0.815. The maximum absolute atomic E-state index is 12.0. The first-order valence-electron chi connectivity index (χ1n) is 6.39. The third-order valence-electron chi connectivity index (χ3n) is 3.11. The molecule has 0 spiro atoms. The average molecular weight is 249 g/mol. The summed E-state index contributed by atoms with van der Waals surface area (Å²) in [7, 11) is 1.42. The Labute approximate surface area is 110 Å². The Morgan fingerprint density at radius 3 is 2.28 bits per heavy atom. The van der Waals surface area contributed by atoms with E-state index < -0.39 is 5.54 Å². The van der Waals surface area contributed by atoms with Crippen LogP contribution in [0.4, 0.5) is 0 Å². The third kappa shape index (κ3) is 3.10. The summed E-state index contributed by atoms with van der Waals surface area (Å²) in [5.41, 5.74) is 1.39. The Kier molecular flexibility index (Phi) is 4.91. The van der Waals surface area contributed by atoms with E-state index >= 15 is 0 Å². The van der Waals surface area contributed by atoms with Crippen molar-refractivity contribution in [2.45, 2.75) is 45.7 Å². The van der Waals surface area contributed by atoms with Crippen molar-refractivity contribution in [1.29, 1.82) is 0 Å². The lowest BCUT2D eigenvalue weighted by Gasteiger charge is -2.30. The molecular formula is C15H23NO2. The van der Waals surface area contributed by atoms with Gasteiger partial charge in [-0.05, 0) is 38.3 Å². The van der Waals surface area contributed by atoms with E-state index in [1.54, 1.807) is 0 Å². The van der Waals surface area contributed by atoms with Crippen molar-refractivity contribution in [3.05, 3.63) is 35.4 Å². The maximum Gasteiger partial charge on any atom is 0.330 e. The molecule has 0 aliphatic carbocycles. The number of aryl methyl sites for hydroxylation is 1. The van der Waals surface area contributed by atoms with E-state index in [4.69, 9.17) is 4.74 Å². The molecular weight excluding hydrogens is 226 g/mol. The zero-order chi connectivity index (χ0) is 13.8. The SMILES string of the molecule is CCc1ccc(C(C)(NC(C)C)C(=O)OC)cc1. The summed E-state index contributed by atoms with van der Waals surface area (Å²) in [6.45, 7) is 8.00. The first kappa shape index (κ1) is 14.7. The molecule has 0 saturated carbocycles. The van der Waals surface area contributed by atoms with E-state index in [1.165, 1.54) is 12.7 Å². The Morgan fingerprint density at radius 2 is 1.89 bits per heavy atom. The van der Waals surface area contributed by atoms with Gasteiger partial charge in [-0.25, -0.2) is 4.79 Å². The van der Waals surface area contributed by atoms with Crippen LogP contribution in [0.3, 0.4) is 0 Å². The van der Waals surface area contributed by atoms with Crippen molar-refractivity contribution in [2.75, 3.05) is 7.11 Å². The molecule has 0 bridgehead atoms. The highest BCUT2D eigenvalue weighted by atomic mass is 16.5. The normalized spacial score (nSPS) is 14.3. The van der Waals surface area contributed by atoms with Crippen molar-refractivity contribution in [2.24, 2.45) is 0 Å². The van der Waals surface area contributed by atoms with E-state index in [9.17, 15) is 4.79 Å². The number of hydrogen-bond donors (Lipinski definition) is 1. The molecule has 0 heterocycles. The van der Waals surface area contributed by atoms with Crippen LogP contribution < -0.4 is 5.32 Å². The number of nitrogens with one attached hydrogen (secondary N) is 1. The average Bonchev–Trinajstić information content (AvgIpc) is 2.36. The standard InChI is InChI=1S/C15H23NO2/c1-6-12-7-9-13(10-8-12)15(4,14(17)18-5)16-11(2)3/h7-11,16H,6H2,1-5H3. The molecule has 1 aromatic carbocycles. The lowest BCUT2D eigenvalue weighted by Crippen LogP contribution is -2.50. The monoisotopic (exact) mass is 249 g/mol. The van der Waals surface area contributed by atoms with E-state index in [-0.39, 0.29) is 12.0 Å². The number of benzene rings is 1. The number of carbonyl (C=O) groups is 1. The first-order valence-corrected chi connectivity index (χ1v) is 6.39. The van der Waals surface area contributed by atoms with Crippen LogP contribution in [-0.4, -0.2) is 19.1 Å². The zero-order valence-electron chi connectivity index (χ0n) is 11.9. The number of ether oxygens (including phenoxy) is 1. The third-order valence-corrected chi connectivity index (χ3v) is 3.11. The maximum atomic E-state index is 12.0. The number of hydrogen-bond acceptors (Lipinski definition) is 3. The Morgan fingerprint density at radius 1 is 1.33 bits per heavy atom. The minimum atomic E-state index is -0.796. The van der Waals surface area contributed by atoms with Crippen LogP contribution in [0.25, 0.3) is 0 Å². The van der Waals surface area contributed by atoms with Crippen LogP contribution >= 0.6 is 0 Å². The molecule has 0 fully saturated rings. The Bertz CT molecular complexity index is 397. The second-order valence-electron chi connectivity index (χ2n) is 4.97. The van der Waals surface area contributed by atoms with Gasteiger partial charge in [0.05, 0.1) is 7.11 Å². The molecule has 0 amide bonds. The molecule has 0 aromatic heterocycles. The molecule has 1 atom stereocenters. The molecule has 1 N–H and O–H groups in total. The number of rotatable bonds is 5. The van der Waals surface area contributed by atoms with E-state index in [1.807, 2.05) is 32.9 Å². The van der Waals surface area contributed by atoms with Gasteiger partial charge in [0, 0.05) is 6.04 Å². The van der Waals surface area contributed by atoms with Gasteiger partial charge in [-0.15, -0.1) is 0 Å². The van der Waals surface area contributed by atoms with Crippen LogP contribution in [0.5, 0.6) is 0 Å². The molecule has 0 aliphatic rings. The van der Waals surface area contributed by atoms with Gasteiger partial charge in [0.1, 0.15) is 5.54 Å². The fourth-order valence-corrected chi connectivity index (χ4v) is 2.12. The molecule has 0 aliphatic heterocycles. The van der Waals surface area contributed by atoms with Gasteiger partial charge < -0.3 is 4.74 Å². The molecule has 100 valence electrons. The topological polar surface area (TPSA) is 38.3 Å². The smallest absolute Gasteiger partial charge is 0.330 e. The van der Waals surface area contributed by atoms with Gasteiger partial charge >= 0.3 is 5.97 Å². The molecule has 18 heavy (non-hydrogen) atoms. The summed E-state index contributed by atoms with van der Waals surface area (Å²) in [6.07, 6.45) is 0.993. The molecule has 1 unspecified atom stereocenters. The predicted molar refractivity (Wildman–Crippen MR) is 73.5 cm³/mol. The highest BCUT2D eigenvalue weighted by molar-refractivity contribution is 5.82. The molecule has 1 rings (SSSR count). The molecule has 1 aromatic rings. The molecule has 0 saturated heterocycles. The summed E-state index contributed by atoms with van der Waals surface area (Å²) < 4.78 is 4.93. The molecule has 3 heteroatoms. The van der Waals surface area contributed by atoms with Gasteiger partial charge in [0.2, 0.25) is 0 Å². The summed E-state index contributed by atoms with van der Waals surface area (Å²) in [5.74, 6) is -0.263. The second-order valence-corrected chi connectivity index (χ2v) is 4.97. The fraction of sp³-hybridized carbons (Fsp3) is 0.533. The van der Waals surface area contributed by atoms with Gasteiger partial charge in [-0.2, -0.15) is 0 Å². The summed E-state index contributed by atoms with van der Waals surface area (Å²) in [6, 6.07) is 8.29. The number of carbonyl (C=O) groups excluding carboxylic acids is 1. The van der Waals surface area contributed by atoms with Crippen LogP contribution in [-0.2, 0) is 21.5 Å². The van der Waals surface area contributed by atoms with E-state index in [2.05, 4.69) is 24.4 Å². The summed E-state index contributed by atoms with van der Waals surface area (Å²) in [4.78, 5) is 12.0. The summed E-state index contributed by atoms with van der Waals surface area (Å²) >= 11 is 0. The van der Waals surface area contributed by atoms with Crippen LogP contribution in [0.2, 0.25) is 0 Å². The van der Waals surface area contributed by atoms with Crippen molar-refractivity contribution in [1.82, 2.24) is 5.32 Å². The minimum Gasteiger partial charge on any atom is -0.467 e. The second kappa shape index (κ2) is 6.01. The number of methoxy groups -OCH3 is 1. The lowest BCUT2D eigenvalue weighted by atomic mass is 9.90. The Balaban J connectivity index is 3.12. The van der Waals surface area contributed by atoms with Gasteiger partial charge in [-0.1, -0.05) is 31.2 Å². The summed E-state index contributed by atoms with van der Waals surface area (Å²) in [5, 5.41) is 3.29.